The Balaban J connectivity index is 1.90. The third-order valence-electron chi connectivity index (χ3n) is 4.22. The Morgan fingerprint density at radius 3 is 2.54 bits per heavy atom. The fraction of sp³-hybridized carbons (Fsp3) is 0.0476. The van der Waals surface area contributed by atoms with Gasteiger partial charge in [-0.1, -0.05) is 0 Å². The molecule has 28 heavy (non-hydrogen) atoms. The van der Waals surface area contributed by atoms with Crippen molar-refractivity contribution in [2.24, 2.45) is 0 Å². The van der Waals surface area contributed by atoms with Crippen LogP contribution in [0.3, 0.4) is 0 Å². The van der Waals surface area contributed by atoms with Gasteiger partial charge < -0.3 is 0 Å². The number of nitrogens with zero attached hydrogens (tertiary/aromatic N) is 3. The van der Waals surface area contributed by atoms with Crippen LogP contribution in [0.4, 0.5) is 5.69 Å². The molecule has 0 saturated carbocycles. The van der Waals surface area contributed by atoms with Crippen molar-refractivity contribution in [2.45, 2.75) is 6.92 Å². The predicted molar refractivity (Wildman–Crippen MR) is 116 cm³/mol. The van der Waals surface area contributed by atoms with Crippen molar-refractivity contribution in [1.82, 2.24) is 15.0 Å². The quantitative estimate of drug-likeness (QED) is 0.441. The molecule has 0 fully saturated rings. The first-order valence-electron chi connectivity index (χ1n) is 8.50. The summed E-state index contributed by atoms with van der Waals surface area (Å²) in [6.45, 7) is 1.49. The molecule has 0 bridgehead atoms. The summed E-state index contributed by atoms with van der Waals surface area (Å²) in [5.41, 5.74) is 5.22. The Labute approximate surface area is 179 Å². The molecule has 0 unspecified atom stereocenters. The van der Waals surface area contributed by atoms with E-state index in [9.17, 15) is 4.79 Å². The van der Waals surface area contributed by atoms with Crippen molar-refractivity contribution in [3.8, 4) is 22.4 Å². The van der Waals surface area contributed by atoms with Gasteiger partial charge >= 0.3 is 180 Å². The first kappa shape index (κ1) is 18.8. The number of carbonyl (C=O) groups is 1. The number of pyridine rings is 1. The predicted octanol–water partition coefficient (Wildman–Crippen LogP) is 3.87. The monoisotopic (exact) mass is 492 g/mol. The van der Waals surface area contributed by atoms with E-state index in [0.29, 0.717) is 5.65 Å². The second-order valence-electron chi connectivity index (χ2n) is 6.22. The van der Waals surface area contributed by atoms with Crippen LogP contribution in [-0.4, -0.2) is 37.7 Å². The van der Waals surface area contributed by atoms with E-state index in [2.05, 4.69) is 66.3 Å². The second-order valence-corrected chi connectivity index (χ2v) is 8.02. The van der Waals surface area contributed by atoms with E-state index in [1.54, 1.807) is 0 Å². The number of hydrogen-bond donors (Lipinski definition) is 1. The van der Waals surface area contributed by atoms with Gasteiger partial charge in [-0.15, -0.1) is 0 Å². The van der Waals surface area contributed by atoms with Crippen molar-refractivity contribution >= 4 is 59.9 Å². The maximum absolute atomic E-state index is 11.2. The summed E-state index contributed by atoms with van der Waals surface area (Å²) >= 11 is 6.04. The molecular formula is C21H14AsBrN4O. The van der Waals surface area contributed by atoms with E-state index >= 15 is 0 Å². The number of aromatic nitrogens is 3. The number of amides is 1. The number of carbonyl (C=O) groups excluding carboxylic acids is 1. The number of halogens is 1. The first-order chi connectivity index (χ1) is 13.5. The molecule has 0 aliphatic heterocycles. The molecule has 0 aliphatic carbocycles. The molecule has 0 spiro atoms. The van der Waals surface area contributed by atoms with Gasteiger partial charge in [0.1, 0.15) is 0 Å². The van der Waals surface area contributed by atoms with Gasteiger partial charge in [-0.05, 0) is 0 Å². The van der Waals surface area contributed by atoms with E-state index in [4.69, 9.17) is 4.98 Å². The zero-order valence-electron chi connectivity index (χ0n) is 14.8. The van der Waals surface area contributed by atoms with Gasteiger partial charge in [0.2, 0.25) is 0 Å². The normalized spacial score (nSPS) is 10.8. The van der Waals surface area contributed by atoms with Crippen LogP contribution in [0.2, 0.25) is 0 Å². The summed E-state index contributed by atoms with van der Waals surface area (Å²) in [6, 6.07) is 17.8. The molecular weight excluding hydrogens is 479 g/mol. The van der Waals surface area contributed by atoms with Crippen molar-refractivity contribution in [2.75, 3.05) is 5.32 Å². The van der Waals surface area contributed by atoms with Gasteiger partial charge in [-0.2, -0.15) is 0 Å². The molecule has 4 aromatic rings. The molecule has 0 saturated heterocycles. The van der Waals surface area contributed by atoms with Crippen LogP contribution in [-0.2, 0) is 4.79 Å². The van der Waals surface area contributed by atoms with Crippen LogP contribution >= 0.6 is 15.9 Å². The molecule has 2 aromatic carbocycles. The minimum atomic E-state index is -0.0983. The number of nitrogens with one attached hydrogen (secondary N) is 1. The summed E-state index contributed by atoms with van der Waals surface area (Å²) in [5, 5.41) is 3.69. The Morgan fingerprint density at radius 2 is 1.82 bits per heavy atom. The molecule has 0 atom stereocenters. The van der Waals surface area contributed by atoms with Gasteiger partial charge in [-0.25, -0.2) is 0 Å². The first-order valence-corrected chi connectivity index (χ1v) is 10.2. The van der Waals surface area contributed by atoms with Crippen molar-refractivity contribution in [3.05, 3.63) is 65.4 Å². The summed E-state index contributed by atoms with van der Waals surface area (Å²) in [5.74, 6) is -0.0983. The van der Waals surface area contributed by atoms with E-state index in [-0.39, 0.29) is 5.91 Å². The van der Waals surface area contributed by atoms with Gasteiger partial charge in [-0.3, -0.25) is 0 Å². The summed E-state index contributed by atoms with van der Waals surface area (Å²) in [7, 11) is 0. The van der Waals surface area contributed by atoms with Gasteiger partial charge in [0.15, 0.2) is 0 Å². The zero-order chi connectivity index (χ0) is 19.7. The SMILES string of the molecule is CC(=O)Nc1ccc(-c2cc(-c3cccc(Br)c3)c3c([As])ncnc3n2)cc1. The maximum atomic E-state index is 11.2. The second kappa shape index (κ2) is 7.82. The van der Waals surface area contributed by atoms with Gasteiger partial charge in [0.05, 0.1) is 0 Å². The van der Waals surface area contributed by atoms with Gasteiger partial charge in [0.25, 0.3) is 0 Å². The molecule has 5 nitrogen and oxygen atoms in total. The fourth-order valence-electron chi connectivity index (χ4n) is 3.01. The summed E-state index contributed by atoms with van der Waals surface area (Å²) in [6.07, 6.45) is 1.53. The van der Waals surface area contributed by atoms with Crippen LogP contribution in [0.5, 0.6) is 0 Å². The van der Waals surface area contributed by atoms with E-state index in [0.717, 1.165) is 42.4 Å². The summed E-state index contributed by atoms with van der Waals surface area (Å²) < 4.78 is 1.83. The molecule has 0 aliphatic rings. The average molecular weight is 493 g/mol. The average Bonchev–Trinajstić information content (AvgIpc) is 2.67. The molecule has 1 amide bonds. The standard InChI is InChI=1S/C21H14AsBrN4O/c1-12(28)26-16-7-5-13(6-8-16)18-10-17(14-3-2-4-15(23)9-14)19-20(22)24-11-25-21(19)27-18/h2-11H,1H3,(H,26,28). The van der Waals surface area contributed by atoms with Crippen molar-refractivity contribution in [1.29, 1.82) is 0 Å². The number of benzene rings is 2. The van der Waals surface area contributed by atoms with E-state index < -0.39 is 0 Å². The third kappa shape index (κ3) is 3.84. The third-order valence-corrected chi connectivity index (χ3v) is 5.43. The Bertz CT molecular complexity index is 1190. The molecule has 2 radical (unpaired) electrons. The number of anilines is 1. The Morgan fingerprint density at radius 1 is 1.04 bits per heavy atom. The molecule has 1 N–H and O–H groups in total. The van der Waals surface area contributed by atoms with E-state index in [1.165, 1.54) is 13.3 Å². The topological polar surface area (TPSA) is 67.8 Å². The van der Waals surface area contributed by atoms with Crippen molar-refractivity contribution in [3.63, 3.8) is 0 Å². The number of rotatable bonds is 3. The van der Waals surface area contributed by atoms with Crippen LogP contribution in [0.25, 0.3) is 33.4 Å². The van der Waals surface area contributed by atoms with Crippen molar-refractivity contribution < 1.29 is 4.79 Å². The fourth-order valence-corrected chi connectivity index (χ4v) is 3.98. The van der Waals surface area contributed by atoms with Crippen LogP contribution in [0.15, 0.2) is 65.4 Å². The van der Waals surface area contributed by atoms with E-state index in [1.807, 2.05) is 36.4 Å². The molecule has 4 rings (SSSR count). The molecule has 2 aromatic heterocycles. The van der Waals surface area contributed by atoms with Gasteiger partial charge in [0, 0.05) is 0 Å². The minimum absolute atomic E-state index is 0.0983. The Kier molecular flexibility index (Phi) is 5.25. The Hall–Kier alpha value is -2.56. The van der Waals surface area contributed by atoms with Crippen LogP contribution in [0.1, 0.15) is 6.92 Å². The molecule has 7 heteroatoms. The van der Waals surface area contributed by atoms with Crippen LogP contribution in [0, 0.1) is 0 Å². The summed E-state index contributed by atoms with van der Waals surface area (Å²) in [4.78, 5) is 24.7. The molecule has 136 valence electrons. The zero-order valence-corrected chi connectivity index (χ0v) is 18.3. The number of hydrogen-bond acceptors (Lipinski definition) is 4. The van der Waals surface area contributed by atoms with Crippen LogP contribution < -0.4 is 9.80 Å². The molecule has 2 heterocycles. The number of fused-ring (bicyclic) bond motifs is 1.